The summed E-state index contributed by atoms with van der Waals surface area (Å²) in [6, 6.07) is 3.27. The zero-order valence-corrected chi connectivity index (χ0v) is 9.63. The molecule has 1 aliphatic heterocycles. The normalized spacial score (nSPS) is 23.2. The van der Waals surface area contributed by atoms with Crippen molar-refractivity contribution in [1.29, 1.82) is 0 Å². The number of carbonyl (C=O) groups excluding carboxylic acids is 1. The third kappa shape index (κ3) is 1.61. The van der Waals surface area contributed by atoms with Crippen molar-refractivity contribution in [3.05, 3.63) is 28.5 Å². The van der Waals surface area contributed by atoms with Crippen molar-refractivity contribution in [2.24, 2.45) is 0 Å². The maximum Gasteiger partial charge on any atom is 0.340 e. The fraction of sp³-hybridized carbons (Fsp3) is 0.455. The van der Waals surface area contributed by atoms with E-state index >= 15 is 0 Å². The Hall–Kier alpha value is -1.09. The molecule has 1 atom stereocenters. The van der Waals surface area contributed by atoms with Crippen LogP contribution in [0.3, 0.4) is 0 Å². The van der Waals surface area contributed by atoms with Gasteiger partial charge < -0.3 is 4.74 Å². The predicted octanol–water partition coefficient (Wildman–Crippen LogP) is 2.79. The Kier molecular flexibility index (Phi) is 2.23. The lowest BCUT2D eigenvalue weighted by Gasteiger charge is -2.36. The lowest BCUT2D eigenvalue weighted by Crippen LogP contribution is -2.39. The molecule has 15 heavy (non-hydrogen) atoms. The van der Waals surface area contributed by atoms with Gasteiger partial charge in [0.1, 0.15) is 10.8 Å². The number of carbonyl (C=O) groups is 1. The zero-order chi connectivity index (χ0) is 11.2. The highest BCUT2D eigenvalue weighted by atomic mass is 35.5. The summed E-state index contributed by atoms with van der Waals surface area (Å²) >= 11 is 5.82. The number of aromatic nitrogens is 1. The van der Waals surface area contributed by atoms with E-state index in [1.165, 1.54) is 0 Å². The molecule has 1 unspecified atom stereocenters. The van der Waals surface area contributed by atoms with Crippen molar-refractivity contribution >= 4 is 17.6 Å². The molecule has 1 aromatic heterocycles. The van der Waals surface area contributed by atoms with Crippen molar-refractivity contribution < 1.29 is 9.53 Å². The number of hydrogen-bond donors (Lipinski definition) is 0. The number of rotatable bonds is 0. The molecule has 0 spiro atoms. The minimum Gasteiger partial charge on any atom is -0.455 e. The third-order valence-electron chi connectivity index (χ3n) is 2.92. The largest absolute Gasteiger partial charge is 0.455 e. The van der Waals surface area contributed by atoms with E-state index in [1.807, 2.05) is 20.8 Å². The van der Waals surface area contributed by atoms with E-state index in [0.29, 0.717) is 10.7 Å². The second-order valence-electron chi connectivity index (χ2n) is 4.28. The Labute approximate surface area is 93.4 Å². The van der Waals surface area contributed by atoms with Gasteiger partial charge in [-0.2, -0.15) is 0 Å². The van der Waals surface area contributed by atoms with Gasteiger partial charge in [0.25, 0.3) is 0 Å². The molecule has 80 valence electrons. The Balaban J connectivity index is 2.60. The molecule has 3 nitrogen and oxygen atoms in total. The fourth-order valence-electron chi connectivity index (χ4n) is 1.66. The van der Waals surface area contributed by atoms with Crippen LogP contribution < -0.4 is 0 Å². The highest BCUT2D eigenvalue weighted by molar-refractivity contribution is 6.29. The molecule has 4 heteroatoms. The standard InChI is InChI=1S/C11H12ClNO2/c1-6-9-7(4-5-8(12)13-9)10(14)15-11(6,2)3/h4-6H,1-3H3. The molecule has 0 amide bonds. The molecule has 2 rings (SSSR count). The van der Waals surface area contributed by atoms with Crippen LogP contribution in [0.4, 0.5) is 0 Å². The van der Waals surface area contributed by atoms with Crippen LogP contribution in [-0.2, 0) is 4.74 Å². The molecule has 1 aromatic rings. The van der Waals surface area contributed by atoms with E-state index in [1.54, 1.807) is 12.1 Å². The summed E-state index contributed by atoms with van der Waals surface area (Å²) in [5.41, 5.74) is 0.719. The van der Waals surface area contributed by atoms with E-state index in [-0.39, 0.29) is 11.9 Å². The number of halogens is 1. The van der Waals surface area contributed by atoms with Crippen LogP contribution in [0.5, 0.6) is 0 Å². The molecule has 0 radical (unpaired) electrons. The molecular weight excluding hydrogens is 214 g/mol. The lowest BCUT2D eigenvalue weighted by molar-refractivity contribution is -0.0189. The molecule has 0 saturated heterocycles. The maximum absolute atomic E-state index is 11.7. The Morgan fingerprint density at radius 1 is 1.47 bits per heavy atom. The van der Waals surface area contributed by atoms with Gasteiger partial charge in [-0.3, -0.25) is 0 Å². The summed E-state index contributed by atoms with van der Waals surface area (Å²) in [5.74, 6) is -0.277. The third-order valence-corrected chi connectivity index (χ3v) is 3.13. The predicted molar refractivity (Wildman–Crippen MR) is 57.2 cm³/mol. The second kappa shape index (κ2) is 3.20. The van der Waals surface area contributed by atoms with Crippen molar-refractivity contribution in [2.75, 3.05) is 0 Å². The van der Waals surface area contributed by atoms with Gasteiger partial charge in [0, 0.05) is 5.92 Å². The summed E-state index contributed by atoms with van der Waals surface area (Å²) < 4.78 is 5.33. The number of cyclic esters (lactones) is 1. The Bertz CT molecular complexity index is 429. The molecule has 0 aromatic carbocycles. The van der Waals surface area contributed by atoms with E-state index < -0.39 is 5.60 Å². The number of nitrogens with zero attached hydrogens (tertiary/aromatic N) is 1. The van der Waals surface area contributed by atoms with Crippen LogP contribution in [-0.4, -0.2) is 16.6 Å². The van der Waals surface area contributed by atoms with Gasteiger partial charge >= 0.3 is 5.97 Å². The SMILES string of the molecule is CC1c2nc(Cl)ccc2C(=O)OC1(C)C. The lowest BCUT2D eigenvalue weighted by atomic mass is 9.85. The van der Waals surface area contributed by atoms with Crippen LogP contribution in [0.2, 0.25) is 5.15 Å². The number of ether oxygens (including phenoxy) is 1. The van der Waals surface area contributed by atoms with Crippen molar-refractivity contribution in [1.82, 2.24) is 4.98 Å². The van der Waals surface area contributed by atoms with Crippen molar-refractivity contribution in [2.45, 2.75) is 32.3 Å². The average Bonchev–Trinajstić information content (AvgIpc) is 2.13. The first-order valence-electron chi connectivity index (χ1n) is 4.81. The van der Waals surface area contributed by atoms with Gasteiger partial charge in [0.15, 0.2) is 0 Å². The molecule has 2 heterocycles. The van der Waals surface area contributed by atoms with Crippen molar-refractivity contribution in [3.63, 3.8) is 0 Å². The summed E-state index contributed by atoms with van der Waals surface area (Å²) in [7, 11) is 0. The number of esters is 1. The van der Waals surface area contributed by atoms with E-state index in [4.69, 9.17) is 16.3 Å². The molecule has 0 fully saturated rings. The molecule has 0 N–H and O–H groups in total. The van der Waals surface area contributed by atoms with Gasteiger partial charge in [-0.05, 0) is 26.0 Å². The molecular formula is C11H12ClNO2. The highest BCUT2D eigenvalue weighted by Crippen LogP contribution is 2.37. The highest BCUT2D eigenvalue weighted by Gasteiger charge is 2.39. The maximum atomic E-state index is 11.7. The van der Waals surface area contributed by atoms with Gasteiger partial charge in [-0.1, -0.05) is 18.5 Å². The number of hydrogen-bond acceptors (Lipinski definition) is 3. The van der Waals surface area contributed by atoms with Crippen molar-refractivity contribution in [3.8, 4) is 0 Å². The smallest absolute Gasteiger partial charge is 0.340 e. The van der Waals surface area contributed by atoms with Crippen LogP contribution in [0.25, 0.3) is 0 Å². The second-order valence-corrected chi connectivity index (χ2v) is 4.67. The quantitative estimate of drug-likeness (QED) is 0.504. The van der Waals surface area contributed by atoms with Gasteiger partial charge in [0.2, 0.25) is 0 Å². The van der Waals surface area contributed by atoms with Crippen LogP contribution >= 0.6 is 11.6 Å². The first-order valence-corrected chi connectivity index (χ1v) is 5.19. The summed E-state index contributed by atoms with van der Waals surface area (Å²) in [6.45, 7) is 5.73. The van der Waals surface area contributed by atoms with Crippen LogP contribution in [0, 0.1) is 0 Å². The monoisotopic (exact) mass is 225 g/mol. The van der Waals surface area contributed by atoms with Gasteiger partial charge in [-0.15, -0.1) is 0 Å². The molecule has 0 saturated carbocycles. The minimum atomic E-state index is -0.526. The first-order chi connectivity index (χ1) is 6.92. The fourth-order valence-corrected chi connectivity index (χ4v) is 1.82. The van der Waals surface area contributed by atoms with E-state index in [9.17, 15) is 4.79 Å². The van der Waals surface area contributed by atoms with Crippen LogP contribution in [0.1, 0.15) is 42.7 Å². The molecule has 0 aliphatic carbocycles. The Morgan fingerprint density at radius 2 is 2.13 bits per heavy atom. The average molecular weight is 226 g/mol. The van der Waals surface area contributed by atoms with E-state index in [2.05, 4.69) is 4.98 Å². The first kappa shape index (κ1) is 10.4. The van der Waals surface area contributed by atoms with Gasteiger partial charge in [0.05, 0.1) is 11.3 Å². The van der Waals surface area contributed by atoms with Gasteiger partial charge in [-0.25, -0.2) is 9.78 Å². The number of pyridine rings is 1. The molecule has 1 aliphatic rings. The summed E-state index contributed by atoms with van der Waals surface area (Å²) in [6.07, 6.45) is 0. The van der Waals surface area contributed by atoms with E-state index in [0.717, 1.165) is 5.69 Å². The summed E-state index contributed by atoms with van der Waals surface area (Å²) in [4.78, 5) is 15.9. The topological polar surface area (TPSA) is 39.2 Å². The van der Waals surface area contributed by atoms with Crippen LogP contribution in [0.15, 0.2) is 12.1 Å². The summed E-state index contributed by atoms with van der Waals surface area (Å²) in [5, 5.41) is 0.408. The zero-order valence-electron chi connectivity index (χ0n) is 8.87. The number of fused-ring (bicyclic) bond motifs is 1. The molecule has 0 bridgehead atoms. The Morgan fingerprint density at radius 3 is 2.80 bits per heavy atom. The minimum absolute atomic E-state index is 0.0453.